The summed E-state index contributed by atoms with van der Waals surface area (Å²) in [7, 11) is 0. The highest BCUT2D eigenvalue weighted by Crippen LogP contribution is 2.28. The summed E-state index contributed by atoms with van der Waals surface area (Å²) in [6, 6.07) is 8.41. The minimum atomic E-state index is -1.72. The Morgan fingerprint density at radius 3 is 2.52 bits per heavy atom. The van der Waals surface area contributed by atoms with Crippen LogP contribution < -0.4 is 5.32 Å². The predicted molar refractivity (Wildman–Crippen MR) is 93.1 cm³/mol. The van der Waals surface area contributed by atoms with E-state index in [0.29, 0.717) is 17.0 Å². The molecule has 1 aromatic heterocycles. The third-order valence-corrected chi connectivity index (χ3v) is 4.19. The number of esters is 1. The third-order valence-electron chi connectivity index (χ3n) is 3.79. The number of hydrogen-bond donors (Lipinski definition) is 2. The van der Waals surface area contributed by atoms with Gasteiger partial charge in [0.2, 0.25) is 0 Å². The van der Waals surface area contributed by atoms with Gasteiger partial charge in [-0.1, -0.05) is 29.8 Å². The lowest BCUT2D eigenvalue weighted by molar-refractivity contribution is -0.123. The van der Waals surface area contributed by atoms with Crippen LogP contribution in [0.4, 0.5) is 18.9 Å². The second-order valence-corrected chi connectivity index (χ2v) is 6.00. The van der Waals surface area contributed by atoms with E-state index in [-0.39, 0.29) is 10.7 Å². The number of anilines is 1. The summed E-state index contributed by atoms with van der Waals surface area (Å²) >= 11 is 6.14. The first-order chi connectivity index (χ1) is 12.8. The Bertz CT molecular complexity index is 1050. The molecule has 0 saturated heterocycles. The molecule has 2 N–H and O–H groups in total. The van der Waals surface area contributed by atoms with Crippen LogP contribution in [0, 0.1) is 17.5 Å². The van der Waals surface area contributed by atoms with Gasteiger partial charge in [0.05, 0.1) is 10.7 Å². The first-order valence-corrected chi connectivity index (χ1v) is 8.09. The highest BCUT2D eigenvalue weighted by molar-refractivity contribution is 6.38. The summed E-state index contributed by atoms with van der Waals surface area (Å²) in [5.74, 6) is -6.49. The van der Waals surface area contributed by atoms with E-state index in [2.05, 4.69) is 4.98 Å². The van der Waals surface area contributed by atoms with Crippen LogP contribution in [0.25, 0.3) is 10.9 Å². The molecule has 9 heteroatoms. The molecule has 3 aromatic rings. The van der Waals surface area contributed by atoms with Gasteiger partial charge in [0.15, 0.2) is 23.6 Å². The van der Waals surface area contributed by atoms with Gasteiger partial charge in [-0.2, -0.15) is 0 Å². The Kier molecular flexibility index (Phi) is 5.09. The molecule has 0 aliphatic heterocycles. The van der Waals surface area contributed by atoms with Crippen molar-refractivity contribution in [1.82, 2.24) is 4.98 Å². The fourth-order valence-electron chi connectivity index (χ4n) is 2.38. The number of rotatable bonds is 4. The van der Waals surface area contributed by atoms with Crippen LogP contribution in [0.3, 0.4) is 0 Å². The summed E-state index contributed by atoms with van der Waals surface area (Å²) in [4.78, 5) is 27.1. The fraction of sp³-hybridized carbons (Fsp3) is 0.111. The molecule has 140 valence electrons. The molecular weight excluding hydrogens is 385 g/mol. The molecule has 0 radical (unpaired) electrons. The van der Waals surface area contributed by atoms with Crippen molar-refractivity contribution in [2.75, 3.05) is 5.32 Å². The normalized spacial score (nSPS) is 12.0. The SMILES string of the molecule is CC(OC(=O)c1[nH]c2ccccc2c1Cl)C(=O)Nc1ccc(F)c(F)c1F. The van der Waals surface area contributed by atoms with Crippen molar-refractivity contribution >= 4 is 40.1 Å². The van der Waals surface area contributed by atoms with E-state index >= 15 is 0 Å². The second-order valence-electron chi connectivity index (χ2n) is 5.62. The molecular formula is C18H12ClF3N2O3. The Hall–Kier alpha value is -3.00. The number of halogens is 4. The molecule has 1 amide bonds. The van der Waals surface area contributed by atoms with Gasteiger partial charge < -0.3 is 15.0 Å². The smallest absolute Gasteiger partial charge is 0.357 e. The zero-order valence-electron chi connectivity index (χ0n) is 13.8. The number of nitrogens with one attached hydrogen (secondary N) is 2. The van der Waals surface area contributed by atoms with Crippen LogP contribution in [0.15, 0.2) is 36.4 Å². The zero-order valence-corrected chi connectivity index (χ0v) is 14.5. The molecule has 0 spiro atoms. The van der Waals surface area contributed by atoms with E-state index in [4.69, 9.17) is 16.3 Å². The van der Waals surface area contributed by atoms with Crippen molar-refractivity contribution in [3.8, 4) is 0 Å². The minimum Gasteiger partial charge on any atom is -0.448 e. The maximum atomic E-state index is 13.6. The van der Waals surface area contributed by atoms with Crippen molar-refractivity contribution < 1.29 is 27.5 Å². The van der Waals surface area contributed by atoms with Crippen LogP contribution in [0.1, 0.15) is 17.4 Å². The Morgan fingerprint density at radius 2 is 1.81 bits per heavy atom. The average molecular weight is 397 g/mol. The van der Waals surface area contributed by atoms with Crippen molar-refractivity contribution in [2.45, 2.75) is 13.0 Å². The van der Waals surface area contributed by atoms with Gasteiger partial charge >= 0.3 is 5.97 Å². The Balaban J connectivity index is 1.73. The lowest BCUT2D eigenvalue weighted by atomic mass is 10.2. The third kappa shape index (κ3) is 3.61. The summed E-state index contributed by atoms with van der Waals surface area (Å²) in [6.45, 7) is 1.24. The van der Waals surface area contributed by atoms with Crippen LogP contribution in [0.2, 0.25) is 5.02 Å². The fourth-order valence-corrected chi connectivity index (χ4v) is 2.67. The van der Waals surface area contributed by atoms with E-state index in [0.717, 1.165) is 6.07 Å². The van der Waals surface area contributed by atoms with Crippen LogP contribution in [-0.4, -0.2) is 23.0 Å². The standard InChI is InChI=1S/C18H12ClF3N2O3/c1-8(17(25)24-12-7-6-10(20)14(21)15(12)22)27-18(26)16-13(19)9-4-2-3-5-11(9)23-16/h2-8,23H,1H3,(H,24,25). The van der Waals surface area contributed by atoms with Gasteiger partial charge in [-0.15, -0.1) is 0 Å². The molecule has 0 bridgehead atoms. The highest BCUT2D eigenvalue weighted by Gasteiger charge is 2.24. The quantitative estimate of drug-likeness (QED) is 0.506. The van der Waals surface area contributed by atoms with E-state index in [1.807, 2.05) is 5.32 Å². The molecule has 27 heavy (non-hydrogen) atoms. The molecule has 1 heterocycles. The largest absolute Gasteiger partial charge is 0.448 e. The first-order valence-electron chi connectivity index (χ1n) is 7.71. The van der Waals surface area contributed by atoms with Crippen molar-refractivity contribution in [3.05, 3.63) is 64.6 Å². The molecule has 1 unspecified atom stereocenters. The summed E-state index contributed by atoms with van der Waals surface area (Å²) in [6.07, 6.45) is -1.35. The van der Waals surface area contributed by atoms with Crippen LogP contribution in [-0.2, 0) is 9.53 Å². The number of benzene rings is 2. The van der Waals surface area contributed by atoms with Gasteiger partial charge in [-0.05, 0) is 25.1 Å². The highest BCUT2D eigenvalue weighted by atomic mass is 35.5. The number of carbonyl (C=O) groups is 2. The zero-order chi connectivity index (χ0) is 19.7. The van der Waals surface area contributed by atoms with E-state index in [9.17, 15) is 22.8 Å². The number of aromatic amines is 1. The van der Waals surface area contributed by atoms with Crippen LogP contribution in [0.5, 0.6) is 0 Å². The maximum Gasteiger partial charge on any atom is 0.357 e. The Labute approximate surface area is 156 Å². The lowest BCUT2D eigenvalue weighted by Gasteiger charge is -2.14. The number of hydrogen-bond acceptors (Lipinski definition) is 3. The molecule has 0 saturated carbocycles. The average Bonchev–Trinajstić information content (AvgIpc) is 2.99. The number of aromatic nitrogens is 1. The van der Waals surface area contributed by atoms with Crippen molar-refractivity contribution in [3.63, 3.8) is 0 Å². The summed E-state index contributed by atoms with van der Waals surface area (Å²) in [5, 5.41) is 2.77. The number of amides is 1. The number of ether oxygens (including phenoxy) is 1. The number of H-pyrrole nitrogens is 1. The number of para-hydroxylation sites is 1. The molecule has 0 fully saturated rings. The monoisotopic (exact) mass is 396 g/mol. The Morgan fingerprint density at radius 1 is 1.11 bits per heavy atom. The predicted octanol–water partition coefficient (Wildman–Crippen LogP) is 4.42. The second kappa shape index (κ2) is 7.32. The molecule has 0 aliphatic rings. The lowest BCUT2D eigenvalue weighted by Crippen LogP contribution is -2.30. The van der Waals surface area contributed by atoms with Crippen LogP contribution >= 0.6 is 11.6 Å². The van der Waals surface area contributed by atoms with Crippen molar-refractivity contribution in [1.29, 1.82) is 0 Å². The van der Waals surface area contributed by atoms with Gasteiger partial charge in [0.1, 0.15) is 5.69 Å². The summed E-state index contributed by atoms with van der Waals surface area (Å²) < 4.78 is 44.8. The van der Waals surface area contributed by atoms with E-state index in [1.54, 1.807) is 24.3 Å². The maximum absolute atomic E-state index is 13.6. The van der Waals surface area contributed by atoms with Crippen molar-refractivity contribution in [2.24, 2.45) is 0 Å². The first kappa shape index (κ1) is 18.8. The van der Waals surface area contributed by atoms with Gasteiger partial charge in [-0.25, -0.2) is 18.0 Å². The number of fused-ring (bicyclic) bond motifs is 1. The van der Waals surface area contributed by atoms with Gasteiger partial charge in [0, 0.05) is 10.9 Å². The molecule has 3 rings (SSSR count). The summed E-state index contributed by atoms with van der Waals surface area (Å²) in [5.41, 5.74) is -0.0163. The molecule has 1 atom stereocenters. The topological polar surface area (TPSA) is 71.2 Å². The van der Waals surface area contributed by atoms with E-state index in [1.165, 1.54) is 6.92 Å². The molecule has 5 nitrogen and oxygen atoms in total. The van der Waals surface area contributed by atoms with Gasteiger partial charge in [-0.3, -0.25) is 4.79 Å². The molecule has 0 aliphatic carbocycles. The molecule has 2 aromatic carbocycles. The van der Waals surface area contributed by atoms with Gasteiger partial charge in [0.25, 0.3) is 5.91 Å². The number of carbonyl (C=O) groups excluding carboxylic acids is 2. The minimum absolute atomic E-state index is 0.0449. The van der Waals surface area contributed by atoms with E-state index < -0.39 is 41.1 Å².